The standard InChI is InChI=1S/C56H73BN2O9/c1-49(2)25-27-56(28-26-55(11)45(41(56)33-49)42(60)31-44-53(9)32-37(34-58)46(61)50(3,4)43(53)23-24-54(44,55)10)47(62)65-30-14-12-13-29-64-40-21-19-39(20-22-40)59-48(63)66-35-36-15-17-38(18-16-36)57-67-51(5,6)52(7,8)68-57/h15-22,31-32,41,43,45H,12-14,23-30,33,35H2,1-11H3,(H,59,63)/t41-,43-,45-,53-,54+,55+,56-/m0/s1. The Morgan fingerprint density at radius 1 is 0.794 bits per heavy atom. The van der Waals surface area contributed by atoms with Gasteiger partial charge < -0.3 is 23.5 Å². The van der Waals surface area contributed by atoms with Crippen LogP contribution in [0, 0.1) is 61.6 Å². The fourth-order valence-electron chi connectivity index (χ4n) is 13.6. The van der Waals surface area contributed by atoms with Gasteiger partial charge in [-0.3, -0.25) is 19.7 Å². The van der Waals surface area contributed by atoms with Crippen LogP contribution in [0.4, 0.5) is 10.5 Å². The molecule has 0 aromatic heterocycles. The Morgan fingerprint density at radius 2 is 1.44 bits per heavy atom. The molecule has 1 heterocycles. The van der Waals surface area contributed by atoms with Crippen LogP contribution in [0.2, 0.25) is 0 Å². The Hall–Kier alpha value is -4.73. The van der Waals surface area contributed by atoms with Gasteiger partial charge in [0.2, 0.25) is 0 Å². The fourth-order valence-corrected chi connectivity index (χ4v) is 13.6. The predicted molar refractivity (Wildman–Crippen MR) is 262 cm³/mol. The number of fused-ring (bicyclic) bond motifs is 7. The van der Waals surface area contributed by atoms with Gasteiger partial charge >= 0.3 is 19.2 Å². The van der Waals surface area contributed by atoms with Crippen molar-refractivity contribution in [2.45, 2.75) is 158 Å². The van der Waals surface area contributed by atoms with Gasteiger partial charge in [-0.1, -0.05) is 84.4 Å². The van der Waals surface area contributed by atoms with Crippen LogP contribution in [0.15, 0.2) is 71.8 Å². The molecule has 5 aliphatic carbocycles. The number of hydrogen-bond donors (Lipinski definition) is 1. The summed E-state index contributed by atoms with van der Waals surface area (Å²) < 4.78 is 29.9. The van der Waals surface area contributed by atoms with E-state index >= 15 is 0 Å². The first-order valence-electron chi connectivity index (χ1n) is 25.1. The zero-order valence-corrected chi connectivity index (χ0v) is 42.4. The zero-order valence-electron chi connectivity index (χ0n) is 42.4. The summed E-state index contributed by atoms with van der Waals surface area (Å²) in [4.78, 5) is 55.4. The molecule has 1 saturated heterocycles. The molecule has 1 aliphatic heterocycles. The first kappa shape index (κ1) is 49.7. The molecule has 11 nitrogen and oxygen atoms in total. The average molecular weight is 929 g/mol. The first-order valence-corrected chi connectivity index (χ1v) is 25.1. The molecule has 0 unspecified atom stereocenters. The minimum Gasteiger partial charge on any atom is -0.494 e. The largest absolute Gasteiger partial charge is 0.494 e. The van der Waals surface area contributed by atoms with Crippen molar-refractivity contribution in [3.05, 3.63) is 77.4 Å². The maximum atomic E-state index is 14.9. The van der Waals surface area contributed by atoms with Crippen molar-refractivity contribution in [1.29, 1.82) is 5.26 Å². The molecule has 68 heavy (non-hydrogen) atoms. The minimum absolute atomic E-state index is 0.0175. The molecule has 3 saturated carbocycles. The lowest BCUT2D eigenvalue weighted by Crippen LogP contribution is -2.66. The summed E-state index contributed by atoms with van der Waals surface area (Å²) in [6.07, 6.45) is 11.0. The summed E-state index contributed by atoms with van der Waals surface area (Å²) in [5.74, 6) is 0.0296. The Morgan fingerprint density at radius 3 is 2.10 bits per heavy atom. The van der Waals surface area contributed by atoms with Crippen LogP contribution in [-0.2, 0) is 39.8 Å². The van der Waals surface area contributed by atoms with E-state index in [-0.39, 0.29) is 58.3 Å². The first-order chi connectivity index (χ1) is 31.8. The zero-order chi connectivity index (χ0) is 49.3. The number of ketones is 2. The summed E-state index contributed by atoms with van der Waals surface area (Å²) in [7, 11) is -0.453. The number of hydrogen-bond acceptors (Lipinski definition) is 10. The number of carbonyl (C=O) groups excluding carboxylic acids is 4. The summed E-state index contributed by atoms with van der Waals surface area (Å²) in [5, 5.41) is 12.8. The highest BCUT2D eigenvalue weighted by Gasteiger charge is 2.71. The number of nitrogens with one attached hydrogen (secondary N) is 1. The molecule has 0 radical (unpaired) electrons. The highest BCUT2D eigenvalue weighted by atomic mass is 16.7. The van der Waals surface area contributed by atoms with Gasteiger partial charge in [0.25, 0.3) is 0 Å². The fraction of sp³-hybridized carbons (Fsp3) is 0.625. The molecule has 8 rings (SSSR count). The van der Waals surface area contributed by atoms with Crippen molar-refractivity contribution in [2.24, 2.45) is 50.2 Å². The molecular weight excluding hydrogens is 855 g/mol. The monoisotopic (exact) mass is 929 g/mol. The van der Waals surface area contributed by atoms with Gasteiger partial charge in [0.1, 0.15) is 18.4 Å². The number of ether oxygens (including phenoxy) is 3. The smallest absolute Gasteiger partial charge is 0.494 e. The van der Waals surface area contributed by atoms with E-state index in [2.05, 4.69) is 46.0 Å². The number of unbranched alkanes of at least 4 members (excludes halogenated alkanes) is 2. The molecule has 4 fully saturated rings. The van der Waals surface area contributed by atoms with Crippen LogP contribution in [0.5, 0.6) is 5.75 Å². The maximum Gasteiger partial charge on any atom is 0.494 e. The molecule has 2 aromatic carbocycles. The Labute approximate surface area is 404 Å². The Bertz CT molecular complexity index is 2410. The summed E-state index contributed by atoms with van der Waals surface area (Å²) in [6.45, 7) is 24.3. The van der Waals surface area contributed by atoms with Gasteiger partial charge in [-0.05, 0) is 161 Å². The number of carbonyl (C=O) groups is 4. The molecule has 0 spiro atoms. The van der Waals surface area contributed by atoms with E-state index in [1.807, 2.05) is 90.1 Å². The van der Waals surface area contributed by atoms with Crippen molar-refractivity contribution in [3.8, 4) is 11.8 Å². The maximum absolute atomic E-state index is 14.9. The van der Waals surface area contributed by atoms with Crippen LogP contribution < -0.4 is 15.5 Å². The third-order valence-electron chi connectivity index (χ3n) is 18.5. The molecule has 364 valence electrons. The van der Waals surface area contributed by atoms with Crippen LogP contribution in [0.1, 0.15) is 146 Å². The number of amides is 1. The minimum atomic E-state index is -0.719. The number of rotatable bonds is 12. The van der Waals surface area contributed by atoms with Crippen LogP contribution in [-0.4, -0.2) is 55.2 Å². The third-order valence-corrected chi connectivity index (χ3v) is 18.5. The van der Waals surface area contributed by atoms with Gasteiger partial charge in [-0.25, -0.2) is 4.79 Å². The lowest BCUT2D eigenvalue weighted by Gasteiger charge is -2.68. The third kappa shape index (κ3) is 8.45. The van der Waals surface area contributed by atoms with E-state index < -0.39 is 46.1 Å². The number of allylic oxidation sites excluding steroid dienone is 4. The summed E-state index contributed by atoms with van der Waals surface area (Å²) >= 11 is 0. The van der Waals surface area contributed by atoms with Gasteiger partial charge in [-0.15, -0.1) is 0 Å². The van der Waals surface area contributed by atoms with Gasteiger partial charge in [0.05, 0.1) is 35.4 Å². The molecule has 12 heteroatoms. The van der Waals surface area contributed by atoms with Crippen LogP contribution in [0.3, 0.4) is 0 Å². The SMILES string of the molecule is CC1(C)CC[C@]2(C(=O)OCCCCCOc3ccc(NC(=O)OCc4ccc(B5OC(C)(C)C(C)(C)O5)cc4)cc3)CC[C@]3(C)[C@H](C(=O)C=C4[C@@]5(C)C=C(C#N)C(=O)C(C)(C)[C@@H]5CC[C@]43C)[C@@H]2C1. The quantitative estimate of drug-likeness (QED) is 0.124. The summed E-state index contributed by atoms with van der Waals surface area (Å²) in [6, 6.07) is 17.0. The highest BCUT2D eigenvalue weighted by molar-refractivity contribution is 6.62. The number of esters is 1. The van der Waals surface area contributed by atoms with E-state index in [1.165, 1.54) is 0 Å². The van der Waals surface area contributed by atoms with Crippen molar-refractivity contribution < 1.29 is 42.7 Å². The molecule has 0 bridgehead atoms. The van der Waals surface area contributed by atoms with Crippen molar-refractivity contribution in [3.63, 3.8) is 0 Å². The molecule has 2 aromatic rings. The summed E-state index contributed by atoms with van der Waals surface area (Å²) in [5.41, 5.74) is -0.0354. The normalized spacial score (nSPS) is 32.7. The van der Waals surface area contributed by atoms with E-state index in [9.17, 15) is 24.4 Å². The Kier molecular flexibility index (Phi) is 12.9. The van der Waals surface area contributed by atoms with Crippen molar-refractivity contribution in [2.75, 3.05) is 18.5 Å². The number of nitrogens with zero attached hydrogens (tertiary/aromatic N) is 1. The number of benzene rings is 2. The van der Waals surface area contributed by atoms with E-state index in [0.29, 0.717) is 43.9 Å². The van der Waals surface area contributed by atoms with Crippen molar-refractivity contribution >= 4 is 41.9 Å². The lowest BCUT2D eigenvalue weighted by molar-refractivity contribution is -0.193. The molecule has 7 atom stereocenters. The average Bonchev–Trinajstić information content (AvgIpc) is 3.50. The van der Waals surface area contributed by atoms with E-state index in [0.717, 1.165) is 61.5 Å². The van der Waals surface area contributed by atoms with Gasteiger partial charge in [0.15, 0.2) is 11.6 Å². The number of anilines is 1. The lowest BCUT2D eigenvalue weighted by atomic mass is 9.34. The van der Waals surface area contributed by atoms with Crippen LogP contribution >= 0.6 is 0 Å². The molecule has 1 amide bonds. The second-order valence-corrected chi connectivity index (χ2v) is 24.0. The molecular formula is C56H73BN2O9. The van der Waals surface area contributed by atoms with E-state index in [4.69, 9.17) is 23.5 Å². The molecule has 6 aliphatic rings. The Balaban J connectivity index is 0.812. The predicted octanol–water partition coefficient (Wildman–Crippen LogP) is 11.0. The number of nitriles is 1. The highest BCUT2D eigenvalue weighted by Crippen LogP contribution is 2.74. The number of Topliss-reactive ketones (excluding diaryl/α,β-unsaturated/α-hetero) is 1. The van der Waals surface area contributed by atoms with Crippen LogP contribution in [0.25, 0.3) is 0 Å². The van der Waals surface area contributed by atoms with E-state index in [1.54, 1.807) is 12.1 Å². The van der Waals surface area contributed by atoms with Crippen molar-refractivity contribution in [1.82, 2.24) is 0 Å². The van der Waals surface area contributed by atoms with Gasteiger partial charge in [0, 0.05) is 22.4 Å². The molecule has 1 N–H and O–H groups in total. The topological polar surface area (TPSA) is 150 Å². The van der Waals surface area contributed by atoms with Gasteiger partial charge in [-0.2, -0.15) is 5.26 Å². The second-order valence-electron chi connectivity index (χ2n) is 24.0. The second kappa shape index (κ2) is 17.6.